The lowest BCUT2D eigenvalue weighted by atomic mass is 10.0. The molecule has 0 saturated carbocycles. The molecule has 2 N–H and O–H groups in total. The summed E-state index contributed by atoms with van der Waals surface area (Å²) >= 11 is 0. The SMILES string of the molecule is CCOc1ccccc1Nc1ccnc(C(=O)Nc2ccccc2C(C)C)c1. The molecule has 3 aromatic rings. The van der Waals surface area contributed by atoms with E-state index in [1.165, 1.54) is 0 Å². The molecular weight excluding hydrogens is 350 g/mol. The van der Waals surface area contributed by atoms with Crippen LogP contribution in [-0.2, 0) is 0 Å². The van der Waals surface area contributed by atoms with Crippen LogP contribution < -0.4 is 15.4 Å². The minimum Gasteiger partial charge on any atom is -0.492 e. The third kappa shape index (κ3) is 4.68. The average Bonchev–Trinajstić information content (AvgIpc) is 2.70. The molecule has 1 heterocycles. The lowest BCUT2D eigenvalue weighted by Gasteiger charge is -2.14. The van der Waals surface area contributed by atoms with Gasteiger partial charge in [0.15, 0.2) is 0 Å². The van der Waals surface area contributed by atoms with E-state index in [0.717, 1.165) is 28.4 Å². The molecule has 28 heavy (non-hydrogen) atoms. The highest BCUT2D eigenvalue weighted by Crippen LogP contribution is 2.28. The van der Waals surface area contributed by atoms with Crippen molar-refractivity contribution in [3.63, 3.8) is 0 Å². The summed E-state index contributed by atoms with van der Waals surface area (Å²) in [5, 5.41) is 6.28. The number of aromatic nitrogens is 1. The van der Waals surface area contributed by atoms with Crippen LogP contribution in [0.2, 0.25) is 0 Å². The smallest absolute Gasteiger partial charge is 0.274 e. The van der Waals surface area contributed by atoms with Gasteiger partial charge in [-0.05, 0) is 48.7 Å². The summed E-state index contributed by atoms with van der Waals surface area (Å²) in [6.07, 6.45) is 1.62. The summed E-state index contributed by atoms with van der Waals surface area (Å²) in [6.45, 7) is 6.73. The fourth-order valence-corrected chi connectivity index (χ4v) is 2.94. The van der Waals surface area contributed by atoms with E-state index in [1.54, 1.807) is 12.3 Å². The number of carbonyl (C=O) groups is 1. The normalized spacial score (nSPS) is 10.6. The number of hydrogen-bond acceptors (Lipinski definition) is 4. The molecule has 0 atom stereocenters. The summed E-state index contributed by atoms with van der Waals surface area (Å²) in [6, 6.07) is 19.1. The maximum absolute atomic E-state index is 12.7. The zero-order chi connectivity index (χ0) is 19.9. The number of rotatable bonds is 7. The van der Waals surface area contributed by atoms with Crippen molar-refractivity contribution in [3.05, 3.63) is 78.1 Å². The Hall–Kier alpha value is -3.34. The Labute approximate surface area is 165 Å². The van der Waals surface area contributed by atoms with E-state index >= 15 is 0 Å². The molecule has 5 nitrogen and oxygen atoms in total. The molecule has 0 fully saturated rings. The minimum absolute atomic E-state index is 0.241. The number of hydrogen-bond donors (Lipinski definition) is 2. The van der Waals surface area contributed by atoms with Gasteiger partial charge >= 0.3 is 0 Å². The highest BCUT2D eigenvalue weighted by molar-refractivity contribution is 6.03. The second kappa shape index (κ2) is 9.04. The fraction of sp³-hybridized carbons (Fsp3) is 0.217. The van der Waals surface area contributed by atoms with Crippen LogP contribution >= 0.6 is 0 Å². The van der Waals surface area contributed by atoms with Crippen molar-refractivity contribution < 1.29 is 9.53 Å². The topological polar surface area (TPSA) is 63.2 Å². The molecule has 0 radical (unpaired) electrons. The molecule has 0 spiro atoms. The van der Waals surface area contributed by atoms with E-state index in [4.69, 9.17) is 4.74 Å². The van der Waals surface area contributed by atoms with E-state index in [-0.39, 0.29) is 5.91 Å². The predicted octanol–water partition coefficient (Wildman–Crippen LogP) is 5.60. The second-order valence-electron chi connectivity index (χ2n) is 6.68. The molecule has 2 aromatic carbocycles. The quantitative estimate of drug-likeness (QED) is 0.564. The van der Waals surface area contributed by atoms with Gasteiger partial charge < -0.3 is 15.4 Å². The van der Waals surface area contributed by atoms with Crippen molar-refractivity contribution in [3.8, 4) is 5.75 Å². The number of anilines is 3. The Morgan fingerprint density at radius 2 is 1.75 bits per heavy atom. The molecule has 0 saturated heterocycles. The summed E-state index contributed by atoms with van der Waals surface area (Å²) in [5.41, 5.74) is 3.86. The van der Waals surface area contributed by atoms with Crippen molar-refractivity contribution in [2.24, 2.45) is 0 Å². The van der Waals surface area contributed by atoms with Gasteiger partial charge in [0.1, 0.15) is 11.4 Å². The number of ether oxygens (including phenoxy) is 1. The molecular formula is C23H25N3O2. The summed E-state index contributed by atoms with van der Waals surface area (Å²) in [4.78, 5) is 17.0. The number of amides is 1. The standard InChI is InChI=1S/C23H25N3O2/c1-4-28-22-12-8-7-11-20(22)25-17-13-14-24-21(15-17)23(27)26-19-10-6-5-9-18(19)16(2)3/h5-16H,4H2,1-3H3,(H,24,25)(H,26,27). The van der Waals surface area contributed by atoms with Crippen LogP contribution in [0.5, 0.6) is 5.75 Å². The van der Waals surface area contributed by atoms with Gasteiger partial charge in [0.25, 0.3) is 5.91 Å². The first-order valence-electron chi connectivity index (χ1n) is 9.43. The van der Waals surface area contributed by atoms with Gasteiger partial charge in [-0.1, -0.05) is 44.2 Å². The fourth-order valence-electron chi connectivity index (χ4n) is 2.94. The van der Waals surface area contributed by atoms with Gasteiger partial charge in [0.2, 0.25) is 0 Å². The molecule has 0 aliphatic carbocycles. The first-order valence-corrected chi connectivity index (χ1v) is 9.43. The van der Waals surface area contributed by atoms with E-state index < -0.39 is 0 Å². The molecule has 0 unspecified atom stereocenters. The van der Waals surface area contributed by atoms with Gasteiger partial charge in [-0.15, -0.1) is 0 Å². The Balaban J connectivity index is 1.79. The van der Waals surface area contributed by atoms with Crippen LogP contribution in [0.3, 0.4) is 0 Å². The van der Waals surface area contributed by atoms with Crippen molar-refractivity contribution in [2.75, 3.05) is 17.2 Å². The summed E-state index contributed by atoms with van der Waals surface area (Å²) < 4.78 is 5.64. The van der Waals surface area contributed by atoms with Gasteiger partial charge in [-0.25, -0.2) is 0 Å². The van der Waals surface area contributed by atoms with E-state index in [9.17, 15) is 4.79 Å². The summed E-state index contributed by atoms with van der Waals surface area (Å²) in [5.74, 6) is 0.834. The molecule has 1 amide bonds. The number of nitrogens with one attached hydrogen (secondary N) is 2. The summed E-state index contributed by atoms with van der Waals surface area (Å²) in [7, 11) is 0. The van der Waals surface area contributed by atoms with E-state index in [0.29, 0.717) is 18.2 Å². The molecule has 1 aromatic heterocycles. The average molecular weight is 375 g/mol. The lowest BCUT2D eigenvalue weighted by Crippen LogP contribution is -2.15. The molecule has 3 rings (SSSR count). The molecule has 0 aliphatic rings. The van der Waals surface area contributed by atoms with Gasteiger partial charge in [0.05, 0.1) is 12.3 Å². The Bertz CT molecular complexity index is 954. The van der Waals surface area contributed by atoms with Crippen LogP contribution in [0.4, 0.5) is 17.1 Å². The number of para-hydroxylation sites is 3. The Morgan fingerprint density at radius 3 is 2.50 bits per heavy atom. The predicted molar refractivity (Wildman–Crippen MR) is 114 cm³/mol. The van der Waals surface area contributed by atoms with Crippen molar-refractivity contribution in [1.29, 1.82) is 0 Å². The first-order chi connectivity index (χ1) is 13.6. The van der Waals surface area contributed by atoms with Crippen LogP contribution in [-0.4, -0.2) is 17.5 Å². The highest BCUT2D eigenvalue weighted by Gasteiger charge is 2.13. The third-order valence-corrected chi connectivity index (χ3v) is 4.29. The number of benzene rings is 2. The van der Waals surface area contributed by atoms with Crippen molar-refractivity contribution in [1.82, 2.24) is 4.98 Å². The number of pyridine rings is 1. The van der Waals surface area contributed by atoms with Crippen LogP contribution in [0, 0.1) is 0 Å². The third-order valence-electron chi connectivity index (χ3n) is 4.29. The van der Waals surface area contributed by atoms with Crippen LogP contribution in [0.25, 0.3) is 0 Å². The van der Waals surface area contributed by atoms with Crippen molar-refractivity contribution in [2.45, 2.75) is 26.7 Å². The zero-order valence-corrected chi connectivity index (χ0v) is 16.4. The van der Waals surface area contributed by atoms with E-state index in [2.05, 4.69) is 29.5 Å². The largest absolute Gasteiger partial charge is 0.492 e. The zero-order valence-electron chi connectivity index (χ0n) is 16.4. The van der Waals surface area contributed by atoms with Crippen molar-refractivity contribution >= 4 is 23.0 Å². The molecule has 5 heteroatoms. The van der Waals surface area contributed by atoms with Gasteiger partial charge in [-0.3, -0.25) is 9.78 Å². The number of nitrogens with zero attached hydrogens (tertiary/aromatic N) is 1. The Kier molecular flexibility index (Phi) is 6.27. The maximum atomic E-state index is 12.7. The van der Waals surface area contributed by atoms with Crippen LogP contribution in [0.1, 0.15) is 42.7 Å². The highest BCUT2D eigenvalue weighted by atomic mass is 16.5. The first kappa shape index (κ1) is 19.4. The van der Waals surface area contributed by atoms with Crippen LogP contribution in [0.15, 0.2) is 66.9 Å². The second-order valence-corrected chi connectivity index (χ2v) is 6.68. The maximum Gasteiger partial charge on any atom is 0.274 e. The van der Waals surface area contributed by atoms with E-state index in [1.807, 2.05) is 61.5 Å². The van der Waals surface area contributed by atoms with Gasteiger partial charge in [0, 0.05) is 17.6 Å². The monoisotopic (exact) mass is 375 g/mol. The Morgan fingerprint density at radius 1 is 1.04 bits per heavy atom. The minimum atomic E-state index is -0.241. The van der Waals surface area contributed by atoms with Gasteiger partial charge in [-0.2, -0.15) is 0 Å². The molecule has 0 bridgehead atoms. The lowest BCUT2D eigenvalue weighted by molar-refractivity contribution is 0.102. The number of carbonyl (C=O) groups excluding carboxylic acids is 1. The molecule has 144 valence electrons. The molecule has 0 aliphatic heterocycles.